The van der Waals surface area contributed by atoms with E-state index in [4.69, 9.17) is 4.18 Å². The normalized spacial score (nSPS) is 50.9. The predicted octanol–water partition coefficient (Wildman–Crippen LogP) is 0.984. The first-order valence-corrected chi connectivity index (χ1v) is 6.31. The summed E-state index contributed by atoms with van der Waals surface area (Å²) in [6.45, 7) is 4.18. The van der Waals surface area contributed by atoms with Crippen LogP contribution in [0.2, 0.25) is 0 Å². The fourth-order valence-corrected chi connectivity index (χ4v) is 4.20. The van der Waals surface area contributed by atoms with E-state index in [0.29, 0.717) is 0 Å². The average Bonchev–Trinajstić information content (AvgIpc) is 2.61. The summed E-state index contributed by atoms with van der Waals surface area (Å²) in [6.07, 6.45) is 2.53. The second-order valence-corrected chi connectivity index (χ2v) is 5.96. The average molecular weight is 233 g/mol. The molecule has 5 atom stereocenters. The Kier molecular flexibility index (Phi) is 2.70. The monoisotopic (exact) mass is 233 g/mol. The molecule has 2 rings (SSSR count). The summed E-state index contributed by atoms with van der Waals surface area (Å²) in [7, 11) is 0. The van der Waals surface area contributed by atoms with Crippen molar-refractivity contribution in [1.29, 1.82) is 0 Å². The van der Waals surface area contributed by atoms with Crippen LogP contribution in [-0.4, -0.2) is 26.6 Å². The molecule has 2 aliphatic rings. The molecule has 0 spiro atoms. The van der Waals surface area contributed by atoms with Gasteiger partial charge in [-0.15, -0.1) is 0 Å². The first-order chi connectivity index (χ1) is 6.93. The smallest absolute Gasteiger partial charge is 0.0845 e. The molecule has 4 nitrogen and oxygen atoms in total. The fraction of sp³-hybridized carbons (Fsp3) is 1.00. The quantitative estimate of drug-likeness (QED) is 0.738. The molecule has 2 bridgehead atoms. The van der Waals surface area contributed by atoms with Gasteiger partial charge in [-0.25, -0.2) is 4.21 Å². The highest BCUT2D eigenvalue weighted by Crippen LogP contribution is 2.64. The lowest BCUT2D eigenvalue weighted by Crippen LogP contribution is -2.40. The topological polar surface area (TPSA) is 69.6 Å². The summed E-state index contributed by atoms with van der Waals surface area (Å²) in [5.74, 6) is 0.110. The summed E-state index contributed by atoms with van der Waals surface area (Å²) in [4.78, 5) is 0. The third-order valence-electron chi connectivity index (χ3n) is 4.55. The summed E-state index contributed by atoms with van der Waals surface area (Å²) < 4.78 is 26.2. The van der Waals surface area contributed by atoms with E-state index in [0.717, 1.165) is 19.3 Å². The van der Waals surface area contributed by atoms with Crippen LogP contribution in [-0.2, 0) is 15.5 Å². The minimum Gasteiger partial charge on any atom is -0.750 e. The molecule has 15 heavy (non-hydrogen) atoms. The third-order valence-corrected chi connectivity index (χ3v) is 4.92. The van der Waals surface area contributed by atoms with Crippen molar-refractivity contribution in [2.45, 2.75) is 39.2 Å². The molecule has 2 fully saturated rings. The molecular weight excluding hydrogens is 216 g/mol. The molecule has 2 aliphatic carbocycles. The molecule has 2 saturated carbocycles. The molecule has 0 aromatic rings. The molecule has 0 aromatic carbocycles. The van der Waals surface area contributed by atoms with Gasteiger partial charge in [0, 0.05) is 6.61 Å². The van der Waals surface area contributed by atoms with Crippen LogP contribution in [0.25, 0.3) is 0 Å². The van der Waals surface area contributed by atoms with Gasteiger partial charge >= 0.3 is 0 Å². The van der Waals surface area contributed by atoms with E-state index in [9.17, 15) is 13.9 Å². The largest absolute Gasteiger partial charge is 0.750 e. The van der Waals surface area contributed by atoms with Gasteiger partial charge in [0.25, 0.3) is 0 Å². The number of fused-ring (bicyclic) bond motifs is 2. The van der Waals surface area contributed by atoms with Gasteiger partial charge in [-0.1, -0.05) is 13.8 Å². The van der Waals surface area contributed by atoms with E-state index >= 15 is 0 Å². The van der Waals surface area contributed by atoms with E-state index in [1.807, 2.05) is 6.92 Å². The Hall–Kier alpha value is 0.0300. The van der Waals surface area contributed by atoms with Gasteiger partial charge in [-0.05, 0) is 36.0 Å². The Labute approximate surface area is 92.5 Å². The van der Waals surface area contributed by atoms with Crippen LogP contribution >= 0.6 is 0 Å². The van der Waals surface area contributed by atoms with Crippen molar-refractivity contribution in [2.75, 3.05) is 6.61 Å². The zero-order valence-corrected chi connectivity index (χ0v) is 9.88. The molecule has 5 unspecified atom stereocenters. The summed E-state index contributed by atoms with van der Waals surface area (Å²) >= 11 is -2.46. The maximum Gasteiger partial charge on any atom is 0.0845 e. The van der Waals surface area contributed by atoms with Crippen molar-refractivity contribution in [2.24, 2.45) is 16.7 Å². The zero-order valence-electron chi connectivity index (χ0n) is 9.06. The van der Waals surface area contributed by atoms with Crippen LogP contribution in [0.15, 0.2) is 0 Å². The molecule has 0 heterocycles. The van der Waals surface area contributed by atoms with Crippen LogP contribution in [0, 0.1) is 16.7 Å². The predicted molar refractivity (Wildman–Crippen MR) is 54.4 cm³/mol. The van der Waals surface area contributed by atoms with Gasteiger partial charge in [0.15, 0.2) is 0 Å². The van der Waals surface area contributed by atoms with Crippen molar-refractivity contribution >= 4 is 11.4 Å². The Morgan fingerprint density at radius 3 is 2.73 bits per heavy atom. The molecule has 5 heteroatoms. The Balaban J connectivity index is 2.24. The van der Waals surface area contributed by atoms with Crippen LogP contribution < -0.4 is 0 Å². The maximum atomic E-state index is 10.6. The Bertz CT molecular complexity index is 295. The third kappa shape index (κ3) is 1.56. The van der Waals surface area contributed by atoms with Gasteiger partial charge < -0.3 is 9.66 Å². The maximum absolute atomic E-state index is 10.6. The molecule has 1 N–H and O–H groups in total. The first kappa shape index (κ1) is 11.5. The minimum atomic E-state index is -2.46. The second-order valence-electron chi connectivity index (χ2n) is 5.36. The molecule has 0 aromatic heterocycles. The first-order valence-electron chi connectivity index (χ1n) is 5.31. The van der Waals surface area contributed by atoms with E-state index in [1.54, 1.807) is 0 Å². The van der Waals surface area contributed by atoms with Gasteiger partial charge in [0.1, 0.15) is 0 Å². The lowest BCUT2D eigenvalue weighted by molar-refractivity contribution is 0.00304. The number of hydrogen-bond acceptors (Lipinski definition) is 4. The SMILES string of the molecule is CC1C(OS(=O)[O-])C2(C)CCC1(CO)C2. The van der Waals surface area contributed by atoms with Crippen molar-refractivity contribution in [3.8, 4) is 0 Å². The molecular formula is C10H17O4S-. The van der Waals surface area contributed by atoms with Gasteiger partial charge in [0.2, 0.25) is 0 Å². The van der Waals surface area contributed by atoms with Crippen LogP contribution in [0.4, 0.5) is 0 Å². The van der Waals surface area contributed by atoms with Crippen LogP contribution in [0.3, 0.4) is 0 Å². The molecule has 0 aliphatic heterocycles. The number of aliphatic hydroxyl groups excluding tert-OH is 1. The summed E-state index contributed by atoms with van der Waals surface area (Å²) in [6, 6.07) is 0. The lowest BCUT2D eigenvalue weighted by atomic mass is 9.73. The Morgan fingerprint density at radius 2 is 2.27 bits per heavy atom. The number of hydrogen-bond donors (Lipinski definition) is 1. The van der Waals surface area contributed by atoms with Crippen molar-refractivity contribution in [3.05, 3.63) is 0 Å². The van der Waals surface area contributed by atoms with Gasteiger partial charge in [0.05, 0.1) is 17.5 Å². The number of rotatable bonds is 3. The standard InChI is InChI=1S/C10H18O4S/c1-7-8(14-15(12)13)9(2)3-4-10(7,5-9)6-11/h7-8,11H,3-6H2,1-2H3,(H,12,13)/p-1. The van der Waals surface area contributed by atoms with E-state index in [1.165, 1.54) is 0 Å². The molecule has 88 valence electrons. The van der Waals surface area contributed by atoms with Crippen LogP contribution in [0.1, 0.15) is 33.1 Å². The van der Waals surface area contributed by atoms with E-state index < -0.39 is 11.4 Å². The van der Waals surface area contributed by atoms with Gasteiger partial charge in [-0.2, -0.15) is 0 Å². The zero-order chi connectivity index (χ0) is 11.3. The van der Waals surface area contributed by atoms with Crippen molar-refractivity contribution < 1.29 is 18.1 Å². The number of aliphatic hydroxyl groups is 1. The van der Waals surface area contributed by atoms with Crippen molar-refractivity contribution in [1.82, 2.24) is 0 Å². The Morgan fingerprint density at radius 1 is 1.60 bits per heavy atom. The summed E-state index contributed by atoms with van der Waals surface area (Å²) in [5.41, 5.74) is -0.193. The highest BCUT2D eigenvalue weighted by molar-refractivity contribution is 7.74. The molecule has 0 saturated heterocycles. The van der Waals surface area contributed by atoms with Crippen molar-refractivity contribution in [3.63, 3.8) is 0 Å². The van der Waals surface area contributed by atoms with Gasteiger partial charge in [-0.3, -0.25) is 4.18 Å². The fourth-order valence-electron chi connectivity index (χ4n) is 3.63. The van der Waals surface area contributed by atoms with Crippen LogP contribution in [0.5, 0.6) is 0 Å². The summed E-state index contributed by atoms with van der Waals surface area (Å²) in [5, 5.41) is 9.47. The van der Waals surface area contributed by atoms with E-state index in [2.05, 4.69) is 6.92 Å². The highest BCUT2D eigenvalue weighted by Gasteiger charge is 2.62. The van der Waals surface area contributed by atoms with E-state index in [-0.39, 0.29) is 29.5 Å². The molecule has 0 amide bonds. The lowest BCUT2D eigenvalue weighted by Gasteiger charge is -2.38. The minimum absolute atomic E-state index is 0.0811. The highest BCUT2D eigenvalue weighted by atomic mass is 32.2. The molecule has 0 radical (unpaired) electrons. The second kappa shape index (κ2) is 3.52.